The van der Waals surface area contributed by atoms with Gasteiger partial charge in [-0.2, -0.15) is 4.31 Å². The van der Waals surface area contributed by atoms with E-state index in [0.717, 1.165) is 19.5 Å². The van der Waals surface area contributed by atoms with Gasteiger partial charge in [-0.05, 0) is 37.1 Å². The van der Waals surface area contributed by atoms with Gasteiger partial charge in [-0.25, -0.2) is 8.42 Å². The van der Waals surface area contributed by atoms with Gasteiger partial charge in [0, 0.05) is 31.2 Å². The van der Waals surface area contributed by atoms with Crippen LogP contribution in [0.1, 0.15) is 23.7 Å². The number of piperidine rings is 1. The highest BCUT2D eigenvalue weighted by Crippen LogP contribution is 2.19. The number of rotatable bonds is 4. The first-order valence-corrected chi connectivity index (χ1v) is 10.1. The second kappa shape index (κ2) is 9.14. The molecule has 0 bridgehead atoms. The van der Waals surface area contributed by atoms with E-state index in [1.54, 1.807) is 12.1 Å². The van der Waals surface area contributed by atoms with Crippen molar-refractivity contribution in [3.8, 4) is 0 Å². The number of carbonyl (C=O) groups excluding carboxylic acids is 1. The van der Waals surface area contributed by atoms with Crippen molar-refractivity contribution in [1.29, 1.82) is 0 Å². The van der Waals surface area contributed by atoms with Crippen LogP contribution in [-0.2, 0) is 14.8 Å². The van der Waals surface area contributed by atoms with Crippen LogP contribution in [-0.4, -0.2) is 64.1 Å². The molecule has 0 saturated carbocycles. The molecule has 2 heterocycles. The predicted molar refractivity (Wildman–Crippen MR) is 101 cm³/mol. The largest absolute Gasteiger partial charge is 0.379 e. The van der Waals surface area contributed by atoms with Gasteiger partial charge in [0.1, 0.15) is 0 Å². The molecule has 2 N–H and O–H groups in total. The summed E-state index contributed by atoms with van der Waals surface area (Å²) < 4.78 is 32.1. The Morgan fingerprint density at radius 1 is 1.31 bits per heavy atom. The molecule has 1 amide bonds. The van der Waals surface area contributed by atoms with Crippen molar-refractivity contribution < 1.29 is 17.9 Å². The van der Waals surface area contributed by atoms with Crippen LogP contribution in [0.4, 0.5) is 0 Å². The van der Waals surface area contributed by atoms with Gasteiger partial charge in [0.25, 0.3) is 5.91 Å². The van der Waals surface area contributed by atoms with Gasteiger partial charge >= 0.3 is 0 Å². The van der Waals surface area contributed by atoms with Gasteiger partial charge in [0.05, 0.1) is 18.1 Å². The lowest BCUT2D eigenvalue weighted by Gasteiger charge is -2.30. The van der Waals surface area contributed by atoms with E-state index >= 15 is 0 Å². The monoisotopic (exact) mass is 403 g/mol. The number of nitrogens with one attached hydrogen (secondary N) is 2. The van der Waals surface area contributed by atoms with Crippen molar-refractivity contribution in [3.05, 3.63) is 29.8 Å². The fraction of sp³-hybridized carbons (Fsp3) is 0.588. The summed E-state index contributed by atoms with van der Waals surface area (Å²) in [7, 11) is -3.60. The van der Waals surface area contributed by atoms with E-state index in [2.05, 4.69) is 17.6 Å². The minimum atomic E-state index is -3.60. The highest BCUT2D eigenvalue weighted by molar-refractivity contribution is 7.89. The third-order valence-electron chi connectivity index (χ3n) is 4.85. The van der Waals surface area contributed by atoms with Crippen molar-refractivity contribution in [2.75, 3.05) is 39.4 Å². The maximum absolute atomic E-state index is 12.7. The molecule has 2 saturated heterocycles. The number of nitrogens with zero attached hydrogens (tertiary/aromatic N) is 1. The Balaban J connectivity index is 0.00000243. The maximum Gasteiger partial charge on any atom is 0.251 e. The van der Waals surface area contributed by atoms with E-state index in [1.807, 2.05) is 0 Å². The molecule has 0 radical (unpaired) electrons. The Morgan fingerprint density at radius 3 is 2.73 bits per heavy atom. The molecule has 2 aliphatic rings. The summed E-state index contributed by atoms with van der Waals surface area (Å²) in [6.45, 7) is 5.27. The topological polar surface area (TPSA) is 87.7 Å². The molecule has 1 aromatic rings. The lowest BCUT2D eigenvalue weighted by molar-refractivity contribution is 0.0730. The van der Waals surface area contributed by atoms with Crippen LogP contribution < -0.4 is 10.6 Å². The number of hydrogen-bond donors (Lipinski definition) is 2. The van der Waals surface area contributed by atoms with Crippen LogP contribution in [0, 0.1) is 5.92 Å². The summed E-state index contributed by atoms with van der Waals surface area (Å²) in [5.74, 6) is 0.157. The summed E-state index contributed by atoms with van der Waals surface area (Å²) in [6.07, 6.45) is 1.01. The van der Waals surface area contributed by atoms with Gasteiger partial charge in [-0.1, -0.05) is 13.0 Å². The smallest absolute Gasteiger partial charge is 0.251 e. The lowest BCUT2D eigenvalue weighted by atomic mass is 9.94. The van der Waals surface area contributed by atoms with Crippen molar-refractivity contribution in [3.63, 3.8) is 0 Å². The molecule has 2 aliphatic heterocycles. The van der Waals surface area contributed by atoms with E-state index in [0.29, 0.717) is 37.8 Å². The molecule has 2 unspecified atom stereocenters. The molecule has 7 nitrogen and oxygen atoms in total. The average molecular weight is 404 g/mol. The molecule has 1 aromatic carbocycles. The van der Waals surface area contributed by atoms with Crippen molar-refractivity contribution >= 4 is 28.3 Å². The molecule has 26 heavy (non-hydrogen) atoms. The molecule has 146 valence electrons. The second-order valence-corrected chi connectivity index (χ2v) is 8.53. The Labute approximate surface area is 160 Å². The quantitative estimate of drug-likeness (QED) is 0.778. The van der Waals surface area contributed by atoms with Gasteiger partial charge in [0.2, 0.25) is 10.0 Å². The number of benzene rings is 1. The zero-order valence-electron chi connectivity index (χ0n) is 14.8. The molecule has 2 atom stereocenters. The summed E-state index contributed by atoms with van der Waals surface area (Å²) in [6, 6.07) is 6.31. The van der Waals surface area contributed by atoms with Crippen LogP contribution >= 0.6 is 12.4 Å². The number of hydrogen-bond acceptors (Lipinski definition) is 5. The van der Waals surface area contributed by atoms with Crippen molar-refractivity contribution in [2.45, 2.75) is 24.3 Å². The first-order chi connectivity index (χ1) is 12.0. The van der Waals surface area contributed by atoms with Gasteiger partial charge in [-0.3, -0.25) is 4.79 Å². The predicted octanol–water partition coefficient (Wildman–Crippen LogP) is 0.857. The fourth-order valence-corrected chi connectivity index (χ4v) is 4.62. The van der Waals surface area contributed by atoms with Gasteiger partial charge < -0.3 is 15.4 Å². The lowest BCUT2D eigenvalue weighted by Crippen LogP contribution is -2.50. The third-order valence-corrected chi connectivity index (χ3v) is 6.74. The number of amides is 1. The SMILES string of the molecule is CC1CCNCC1NC(=O)c1cccc(S(=O)(=O)N2CCOCC2)c1.Cl. The number of halogens is 1. The van der Waals surface area contributed by atoms with Gasteiger partial charge in [-0.15, -0.1) is 12.4 Å². The molecular formula is C17H26ClN3O4S. The number of ether oxygens (including phenoxy) is 1. The van der Waals surface area contributed by atoms with Crippen LogP contribution in [0.25, 0.3) is 0 Å². The summed E-state index contributed by atoms with van der Waals surface area (Å²) >= 11 is 0. The summed E-state index contributed by atoms with van der Waals surface area (Å²) in [5.41, 5.74) is 0.368. The zero-order chi connectivity index (χ0) is 17.9. The molecule has 0 aliphatic carbocycles. The van der Waals surface area contributed by atoms with Crippen LogP contribution in [0.2, 0.25) is 0 Å². The minimum Gasteiger partial charge on any atom is -0.379 e. The number of morpholine rings is 1. The fourth-order valence-electron chi connectivity index (χ4n) is 3.17. The second-order valence-electron chi connectivity index (χ2n) is 6.59. The van der Waals surface area contributed by atoms with Crippen LogP contribution in [0.15, 0.2) is 29.2 Å². The summed E-state index contributed by atoms with van der Waals surface area (Å²) in [4.78, 5) is 12.7. The minimum absolute atomic E-state index is 0. The van der Waals surface area contributed by atoms with Crippen LogP contribution in [0.5, 0.6) is 0 Å². The van der Waals surface area contributed by atoms with E-state index in [4.69, 9.17) is 4.74 Å². The molecule has 3 rings (SSSR count). The highest BCUT2D eigenvalue weighted by atomic mass is 35.5. The molecule has 9 heteroatoms. The molecular weight excluding hydrogens is 378 g/mol. The average Bonchev–Trinajstić information content (AvgIpc) is 2.64. The van der Waals surface area contributed by atoms with E-state index in [1.165, 1.54) is 16.4 Å². The molecule has 0 spiro atoms. The highest BCUT2D eigenvalue weighted by Gasteiger charge is 2.28. The number of carbonyl (C=O) groups is 1. The van der Waals surface area contributed by atoms with Crippen molar-refractivity contribution in [2.24, 2.45) is 5.92 Å². The third kappa shape index (κ3) is 4.75. The zero-order valence-corrected chi connectivity index (χ0v) is 16.4. The van der Waals surface area contributed by atoms with E-state index < -0.39 is 10.0 Å². The Kier molecular flexibility index (Phi) is 7.42. The molecule has 2 fully saturated rings. The normalized spacial score (nSPS) is 24.5. The first-order valence-electron chi connectivity index (χ1n) is 8.68. The summed E-state index contributed by atoms with van der Waals surface area (Å²) in [5, 5.41) is 6.28. The standard InChI is InChI=1S/C17H25N3O4S.ClH/c1-13-5-6-18-12-16(13)19-17(21)14-3-2-4-15(11-14)25(22,23)20-7-9-24-10-8-20;/h2-4,11,13,16,18H,5-10,12H2,1H3,(H,19,21);1H. The Morgan fingerprint density at radius 2 is 2.04 bits per heavy atom. The number of sulfonamides is 1. The van der Waals surface area contributed by atoms with E-state index in [-0.39, 0.29) is 29.3 Å². The Bertz CT molecular complexity index is 722. The van der Waals surface area contributed by atoms with Crippen molar-refractivity contribution in [1.82, 2.24) is 14.9 Å². The van der Waals surface area contributed by atoms with Gasteiger partial charge in [0.15, 0.2) is 0 Å². The first kappa shape index (κ1) is 21.1. The maximum atomic E-state index is 12.7. The Hall–Kier alpha value is -1.19. The van der Waals surface area contributed by atoms with Crippen LogP contribution in [0.3, 0.4) is 0 Å². The molecule has 0 aromatic heterocycles. The van der Waals surface area contributed by atoms with E-state index in [9.17, 15) is 13.2 Å².